The van der Waals surface area contributed by atoms with Crippen LogP contribution in [0.1, 0.15) is 90.9 Å². The molecule has 13 rings (SSSR count). The van der Waals surface area contributed by atoms with Crippen LogP contribution in [0.4, 0.5) is 30.0 Å². The third-order valence-electron chi connectivity index (χ3n) is 16.4. The summed E-state index contributed by atoms with van der Waals surface area (Å²) in [6, 6.07) is 23.5. The van der Waals surface area contributed by atoms with Gasteiger partial charge in [-0.2, -0.15) is 15.3 Å². The minimum absolute atomic E-state index is 0.0113. The number of carbonyl (C=O) groups is 3. The first kappa shape index (κ1) is 56.5. The molecule has 4 fully saturated rings. The van der Waals surface area contributed by atoms with E-state index in [9.17, 15) is 14.4 Å². The van der Waals surface area contributed by atoms with E-state index in [1.54, 1.807) is 29.9 Å². The number of nitrogens with one attached hydrogen (secondary N) is 3. The maximum absolute atomic E-state index is 15.9. The van der Waals surface area contributed by atoms with Crippen molar-refractivity contribution in [1.82, 2.24) is 60.3 Å². The number of aromatic amines is 1. The third-order valence-corrected chi connectivity index (χ3v) is 17.5. The van der Waals surface area contributed by atoms with Gasteiger partial charge in [0.25, 0.3) is 0 Å². The molecule has 3 N–H and O–H groups in total. The number of alkyl halides is 2. The van der Waals surface area contributed by atoms with Gasteiger partial charge in [0.15, 0.2) is 16.8 Å². The van der Waals surface area contributed by atoms with Gasteiger partial charge in [-0.3, -0.25) is 19.3 Å². The fraction of sp³-hybridized carbons (Fsp3) is 0.367. The largest absolute Gasteiger partial charge is 0.445 e. The number of alkyl carbamates (subject to hydrolysis) is 2. The standard InChI is InChI=1S/C30H29Cl2FN6O3.C30H30ClFN8O2/c1-3-38-14-20-21(37-38)11-10-19(24(20)31)27(40)26-28(32)36-29(16(2)34-26)39-18-9-12-23(39)25(33)22(13-18)35-30(41)42-15-17-7-5-4-6-8-17;1-3-39-14-20-21(38-39)11-10-19(24(20)31)26-27-28(37-36-26)35-29(16(2)33-27)40-18-9-12-23(40)25(32)22(13-18)34-30(41)42-15-17-7-5-4-6-8-17/h4-8,10-11,14,18,22-23,25H,3,9,12-13,15H2,1-2H3,(H,35,41);4-8,10-11,14,18,22-23,25H,3,9,12-13,15H2,1-2H3,(H,34,41)(H,35,36,37)/t2*18-,22-,23+,25-/m00/s1. The minimum Gasteiger partial charge on any atom is -0.445 e. The van der Waals surface area contributed by atoms with E-state index in [-0.39, 0.29) is 46.7 Å². The van der Waals surface area contributed by atoms with E-state index >= 15 is 8.78 Å². The number of halogens is 5. The zero-order chi connectivity index (χ0) is 58.5. The molecule has 4 aliphatic heterocycles. The Balaban J connectivity index is 0.000000165. The molecule has 0 radical (unpaired) electrons. The van der Waals surface area contributed by atoms with Crippen molar-refractivity contribution >= 4 is 97.4 Å². The van der Waals surface area contributed by atoms with Crippen molar-refractivity contribution < 1.29 is 32.6 Å². The molecule has 4 aromatic carbocycles. The highest BCUT2D eigenvalue weighted by molar-refractivity contribution is 6.40. The SMILES string of the molecule is CCn1cc2c(Cl)c(-c3[nH]nc4nc(N5[C@H]6CC[C@@H]5[C@@H](F)[C@@H](NC(=O)OCc5ccccc5)C6)c(C)nc34)ccc2n1.CCn1cc2c(Cl)c(C(=O)c3nc(C)c(N4[C@H]5CC[C@@H]4[C@@H](F)[C@@H](NC(=O)OCc4ccccc4)C5)nc3Cl)ccc2n1. The Morgan fingerprint density at radius 3 is 1.70 bits per heavy atom. The summed E-state index contributed by atoms with van der Waals surface area (Å²) >= 11 is 20.0. The van der Waals surface area contributed by atoms with Crippen LogP contribution in [0.25, 0.3) is 44.2 Å². The van der Waals surface area contributed by atoms with E-state index in [4.69, 9.17) is 54.2 Å². The molecule has 434 valence electrons. The second kappa shape index (κ2) is 23.6. The van der Waals surface area contributed by atoms with E-state index in [1.165, 1.54) is 0 Å². The highest BCUT2D eigenvalue weighted by atomic mass is 35.5. The maximum atomic E-state index is 15.9. The van der Waals surface area contributed by atoms with Crippen LogP contribution in [0.3, 0.4) is 0 Å². The van der Waals surface area contributed by atoms with Crippen molar-refractivity contribution in [3.63, 3.8) is 0 Å². The number of ketones is 1. The number of hydrogen-bond acceptors (Lipinski definition) is 14. The highest BCUT2D eigenvalue weighted by Crippen LogP contribution is 2.44. The summed E-state index contributed by atoms with van der Waals surface area (Å²) in [5, 5.41) is 24.2. The van der Waals surface area contributed by atoms with Gasteiger partial charge in [0.05, 0.1) is 62.3 Å². The van der Waals surface area contributed by atoms with Crippen molar-refractivity contribution in [3.05, 3.63) is 146 Å². The number of fused-ring (bicyclic) bond motifs is 7. The third kappa shape index (κ3) is 10.8. The Bertz CT molecular complexity index is 3960. The first-order valence-electron chi connectivity index (χ1n) is 28.1. The Morgan fingerprint density at radius 1 is 0.643 bits per heavy atom. The van der Waals surface area contributed by atoms with Gasteiger partial charge in [0, 0.05) is 59.5 Å². The molecule has 19 nitrogen and oxygen atoms in total. The lowest BCUT2D eigenvalue weighted by molar-refractivity contribution is 0.103. The van der Waals surface area contributed by atoms with Crippen LogP contribution in [0.2, 0.25) is 15.2 Å². The number of aryl methyl sites for hydroxylation is 4. The monoisotopic (exact) mass is 1200 g/mol. The van der Waals surface area contributed by atoms with Crippen molar-refractivity contribution in [2.45, 2.75) is 141 Å². The molecule has 0 spiro atoms. The first-order valence-corrected chi connectivity index (χ1v) is 29.2. The molecule has 9 heterocycles. The molecular weight excluding hydrogens is 1140 g/mol. The number of anilines is 2. The molecule has 2 amide bonds. The zero-order valence-corrected chi connectivity index (χ0v) is 48.5. The molecule has 84 heavy (non-hydrogen) atoms. The van der Waals surface area contributed by atoms with Crippen LogP contribution in [0.15, 0.2) is 97.3 Å². The summed E-state index contributed by atoms with van der Waals surface area (Å²) in [6.45, 7) is 9.25. The molecule has 24 heteroatoms. The van der Waals surface area contributed by atoms with Crippen molar-refractivity contribution in [2.24, 2.45) is 0 Å². The number of aromatic nitrogens is 10. The topological polar surface area (TPSA) is 216 Å². The second-order valence-electron chi connectivity index (χ2n) is 21.6. The van der Waals surface area contributed by atoms with Crippen molar-refractivity contribution in [1.29, 1.82) is 0 Å². The number of piperidine rings is 2. The summed E-state index contributed by atoms with van der Waals surface area (Å²) < 4.78 is 45.9. The molecular formula is C60H59Cl3F2N14O5. The Kier molecular flexibility index (Phi) is 15.8. The molecule has 9 aromatic rings. The second-order valence-corrected chi connectivity index (χ2v) is 22.7. The van der Waals surface area contributed by atoms with Crippen LogP contribution >= 0.6 is 34.8 Å². The van der Waals surface area contributed by atoms with Gasteiger partial charge in [-0.1, -0.05) is 95.5 Å². The van der Waals surface area contributed by atoms with Gasteiger partial charge in [0.2, 0.25) is 11.4 Å². The van der Waals surface area contributed by atoms with E-state index in [0.29, 0.717) is 88.0 Å². The number of hydrogen-bond donors (Lipinski definition) is 3. The summed E-state index contributed by atoms with van der Waals surface area (Å²) in [4.78, 5) is 61.2. The molecule has 4 saturated heterocycles. The molecule has 0 aliphatic carbocycles. The zero-order valence-electron chi connectivity index (χ0n) is 46.3. The van der Waals surface area contributed by atoms with Crippen LogP contribution in [-0.4, -0.2) is 116 Å². The molecule has 8 atom stereocenters. The maximum Gasteiger partial charge on any atom is 0.407 e. The fourth-order valence-electron chi connectivity index (χ4n) is 12.3. The number of nitrogens with zero attached hydrogens (tertiary/aromatic N) is 11. The highest BCUT2D eigenvalue weighted by Gasteiger charge is 2.51. The quantitative estimate of drug-likeness (QED) is 0.0916. The Labute approximate surface area is 496 Å². The van der Waals surface area contributed by atoms with Gasteiger partial charge in [-0.05, 0) is 102 Å². The number of carbonyl (C=O) groups excluding carboxylic acids is 3. The lowest BCUT2D eigenvalue weighted by Gasteiger charge is -2.42. The van der Waals surface area contributed by atoms with Crippen LogP contribution < -0.4 is 20.4 Å². The number of benzene rings is 4. The average Bonchev–Trinajstić information content (AvgIpc) is 1.96. The molecule has 5 aromatic heterocycles. The summed E-state index contributed by atoms with van der Waals surface area (Å²) in [5.74, 6) is 0.593. The summed E-state index contributed by atoms with van der Waals surface area (Å²) in [5.41, 5.74) is 7.05. The first-order chi connectivity index (χ1) is 40.7. The smallest absolute Gasteiger partial charge is 0.407 e. The van der Waals surface area contributed by atoms with E-state index < -0.39 is 54.5 Å². The Morgan fingerprint density at radius 2 is 1.15 bits per heavy atom. The van der Waals surface area contributed by atoms with Gasteiger partial charge < -0.3 is 29.9 Å². The molecule has 0 saturated carbocycles. The van der Waals surface area contributed by atoms with E-state index in [2.05, 4.69) is 41.0 Å². The van der Waals surface area contributed by atoms with Crippen LogP contribution in [0.5, 0.6) is 0 Å². The van der Waals surface area contributed by atoms with Crippen molar-refractivity contribution in [3.8, 4) is 11.3 Å². The van der Waals surface area contributed by atoms with Crippen molar-refractivity contribution in [2.75, 3.05) is 9.80 Å². The minimum atomic E-state index is -1.36. The van der Waals surface area contributed by atoms with E-state index in [0.717, 1.165) is 47.0 Å². The predicted molar refractivity (Wildman–Crippen MR) is 316 cm³/mol. The van der Waals surface area contributed by atoms with Crippen LogP contribution in [-0.2, 0) is 35.8 Å². The summed E-state index contributed by atoms with van der Waals surface area (Å²) in [6.07, 6.45) is 3.41. The number of ether oxygens (including phenoxy) is 2. The Hall–Kier alpha value is -8.01. The summed E-state index contributed by atoms with van der Waals surface area (Å²) in [7, 11) is 0. The lowest BCUT2D eigenvalue weighted by Crippen LogP contribution is -2.58. The average molecular weight is 1200 g/mol. The molecule has 4 bridgehead atoms. The number of H-pyrrole nitrogens is 1. The van der Waals surface area contributed by atoms with Crippen LogP contribution in [0, 0.1) is 13.8 Å². The van der Waals surface area contributed by atoms with E-state index in [1.807, 2.05) is 114 Å². The lowest BCUT2D eigenvalue weighted by atomic mass is 9.95. The van der Waals surface area contributed by atoms with Gasteiger partial charge in [0.1, 0.15) is 36.8 Å². The van der Waals surface area contributed by atoms with Gasteiger partial charge in [-0.25, -0.2) is 38.3 Å². The molecule has 4 aliphatic rings. The van der Waals surface area contributed by atoms with Gasteiger partial charge in [-0.15, -0.1) is 0 Å². The number of amides is 2. The van der Waals surface area contributed by atoms with Gasteiger partial charge >= 0.3 is 12.2 Å². The normalized spacial score (nSPS) is 21.6. The predicted octanol–water partition coefficient (Wildman–Crippen LogP) is 11.8. The number of rotatable bonds is 13. The fourth-order valence-corrected chi connectivity index (χ4v) is 13.1. The molecule has 0 unspecified atom stereocenters.